The fourth-order valence-corrected chi connectivity index (χ4v) is 5.30. The maximum Gasteiger partial charge on any atom is 0.252 e. The van der Waals surface area contributed by atoms with Gasteiger partial charge in [-0.05, 0) is 62.6 Å². The summed E-state index contributed by atoms with van der Waals surface area (Å²) in [6.07, 6.45) is 4.35. The Labute approximate surface area is 190 Å². The summed E-state index contributed by atoms with van der Waals surface area (Å²) in [5, 5.41) is 13.7. The number of carbonyl (C=O) groups is 2. The third-order valence-corrected chi connectivity index (χ3v) is 6.73. The van der Waals surface area contributed by atoms with Crippen molar-refractivity contribution in [1.29, 1.82) is 0 Å². The number of likely N-dealkylation sites (tertiary alicyclic amines) is 1. The number of ether oxygens (including phenoxy) is 1. The average molecular weight is 439 g/mol. The SMILES string of the molecule is CCOc1cc([C@@H]2C(C(=O)N3CCCCC3)=C(C)NC3=C2C(=O)CC(C)(C)C3)ccc1O. The van der Waals surface area contributed by atoms with E-state index < -0.39 is 5.92 Å². The van der Waals surface area contributed by atoms with Crippen molar-refractivity contribution in [2.45, 2.75) is 65.7 Å². The third kappa shape index (κ3) is 4.15. The highest BCUT2D eigenvalue weighted by Crippen LogP contribution is 2.48. The van der Waals surface area contributed by atoms with Crippen molar-refractivity contribution in [1.82, 2.24) is 10.2 Å². The molecular formula is C26H34N2O4. The zero-order valence-electron chi connectivity index (χ0n) is 19.6. The molecule has 1 aromatic rings. The number of Topliss-reactive ketones (excluding diaryl/α,β-unsaturated/α-hetero) is 1. The Hall–Kier alpha value is -2.76. The summed E-state index contributed by atoms with van der Waals surface area (Å²) >= 11 is 0. The number of hydrogen-bond acceptors (Lipinski definition) is 5. The number of rotatable bonds is 4. The Morgan fingerprint density at radius 1 is 1.22 bits per heavy atom. The first-order valence-electron chi connectivity index (χ1n) is 11.7. The van der Waals surface area contributed by atoms with Crippen molar-refractivity contribution < 1.29 is 19.4 Å². The smallest absolute Gasteiger partial charge is 0.252 e. The quantitative estimate of drug-likeness (QED) is 0.728. The van der Waals surface area contributed by atoms with Crippen LogP contribution in [0.15, 0.2) is 40.7 Å². The predicted octanol–water partition coefficient (Wildman–Crippen LogP) is 4.41. The number of amides is 1. The predicted molar refractivity (Wildman–Crippen MR) is 123 cm³/mol. The fourth-order valence-electron chi connectivity index (χ4n) is 5.30. The first kappa shape index (κ1) is 22.4. The molecule has 0 bridgehead atoms. The molecule has 0 spiro atoms. The van der Waals surface area contributed by atoms with Crippen LogP contribution in [0, 0.1) is 5.41 Å². The number of aromatic hydroxyl groups is 1. The second-order valence-electron chi connectivity index (χ2n) is 9.94. The monoisotopic (exact) mass is 438 g/mol. The molecule has 4 rings (SSSR count). The van der Waals surface area contributed by atoms with Gasteiger partial charge in [-0.3, -0.25) is 9.59 Å². The standard InChI is InChI=1S/C26H34N2O4/c1-5-32-21-13-17(9-10-19(21)29)23-22(25(31)28-11-7-6-8-12-28)16(2)27-18-14-26(3,4)15-20(30)24(18)23/h9-10,13,23,27,29H,5-8,11-12,14-15H2,1-4H3/t23-/m1/s1. The molecule has 0 radical (unpaired) electrons. The lowest BCUT2D eigenvalue weighted by molar-refractivity contribution is -0.128. The van der Waals surface area contributed by atoms with Crippen molar-refractivity contribution in [3.8, 4) is 11.5 Å². The van der Waals surface area contributed by atoms with Gasteiger partial charge in [0, 0.05) is 48.0 Å². The van der Waals surface area contributed by atoms with Crippen LogP contribution in [0.1, 0.15) is 71.3 Å². The summed E-state index contributed by atoms with van der Waals surface area (Å²) < 4.78 is 5.62. The molecule has 1 fully saturated rings. The Morgan fingerprint density at radius 3 is 2.62 bits per heavy atom. The Balaban J connectivity index is 1.85. The molecule has 1 amide bonds. The molecule has 2 N–H and O–H groups in total. The van der Waals surface area contributed by atoms with Crippen LogP contribution in [0.25, 0.3) is 0 Å². The highest BCUT2D eigenvalue weighted by molar-refractivity contribution is 6.05. The van der Waals surface area contributed by atoms with E-state index in [1.165, 1.54) is 0 Å². The van der Waals surface area contributed by atoms with E-state index in [1.54, 1.807) is 12.1 Å². The van der Waals surface area contributed by atoms with Gasteiger partial charge in [-0.2, -0.15) is 0 Å². The van der Waals surface area contributed by atoms with Gasteiger partial charge in [-0.25, -0.2) is 0 Å². The maximum absolute atomic E-state index is 13.7. The maximum atomic E-state index is 13.7. The summed E-state index contributed by atoms with van der Waals surface area (Å²) in [4.78, 5) is 29.1. The van der Waals surface area contributed by atoms with Crippen LogP contribution in [0.4, 0.5) is 0 Å². The van der Waals surface area contributed by atoms with Crippen molar-refractivity contribution in [3.05, 3.63) is 46.3 Å². The molecule has 0 saturated carbocycles. The molecule has 1 atom stereocenters. The van der Waals surface area contributed by atoms with E-state index in [2.05, 4.69) is 19.2 Å². The van der Waals surface area contributed by atoms with Gasteiger partial charge in [-0.15, -0.1) is 0 Å². The van der Waals surface area contributed by atoms with Crippen LogP contribution in [0.2, 0.25) is 0 Å². The highest BCUT2D eigenvalue weighted by atomic mass is 16.5. The average Bonchev–Trinajstić information content (AvgIpc) is 2.74. The number of nitrogens with one attached hydrogen (secondary N) is 1. The third-order valence-electron chi connectivity index (χ3n) is 6.73. The zero-order valence-corrected chi connectivity index (χ0v) is 19.6. The van der Waals surface area contributed by atoms with E-state index in [-0.39, 0.29) is 22.9 Å². The normalized spacial score (nSPS) is 23.1. The van der Waals surface area contributed by atoms with Crippen LogP contribution in [0.3, 0.4) is 0 Å². The van der Waals surface area contributed by atoms with E-state index in [0.717, 1.165) is 55.7 Å². The van der Waals surface area contributed by atoms with Crippen LogP contribution < -0.4 is 10.1 Å². The van der Waals surface area contributed by atoms with Gasteiger partial charge in [0.15, 0.2) is 17.3 Å². The summed E-state index contributed by atoms with van der Waals surface area (Å²) in [6, 6.07) is 5.18. The molecule has 1 saturated heterocycles. The number of ketones is 1. The Morgan fingerprint density at radius 2 is 1.94 bits per heavy atom. The largest absolute Gasteiger partial charge is 0.504 e. The minimum Gasteiger partial charge on any atom is -0.504 e. The van der Waals surface area contributed by atoms with Gasteiger partial charge in [0.1, 0.15) is 0 Å². The lowest BCUT2D eigenvalue weighted by Gasteiger charge is -2.41. The van der Waals surface area contributed by atoms with E-state index >= 15 is 0 Å². The molecule has 172 valence electrons. The number of phenolic OH excluding ortho intramolecular Hbond substituents is 1. The molecule has 0 aromatic heterocycles. The molecule has 0 unspecified atom stereocenters. The van der Waals surface area contributed by atoms with Gasteiger partial charge in [-0.1, -0.05) is 19.9 Å². The number of nitrogens with zero attached hydrogens (tertiary/aromatic N) is 1. The van der Waals surface area contributed by atoms with E-state index in [9.17, 15) is 14.7 Å². The number of piperidine rings is 1. The van der Waals surface area contributed by atoms with Gasteiger partial charge in [0.25, 0.3) is 5.91 Å². The van der Waals surface area contributed by atoms with Gasteiger partial charge >= 0.3 is 0 Å². The molecule has 6 heteroatoms. The molecule has 32 heavy (non-hydrogen) atoms. The first-order valence-corrected chi connectivity index (χ1v) is 11.7. The van der Waals surface area contributed by atoms with E-state index in [1.807, 2.05) is 24.8 Å². The minimum atomic E-state index is -0.468. The lowest BCUT2D eigenvalue weighted by atomic mass is 9.68. The molecule has 2 aliphatic heterocycles. The van der Waals surface area contributed by atoms with Gasteiger partial charge in [0.2, 0.25) is 0 Å². The van der Waals surface area contributed by atoms with Crippen LogP contribution in [-0.2, 0) is 9.59 Å². The second kappa shape index (κ2) is 8.64. The van der Waals surface area contributed by atoms with E-state index in [0.29, 0.717) is 29.9 Å². The number of allylic oxidation sites excluding steroid dienone is 3. The molecule has 6 nitrogen and oxygen atoms in total. The fraction of sp³-hybridized carbons (Fsp3) is 0.538. The summed E-state index contributed by atoms with van der Waals surface area (Å²) in [5.41, 5.74) is 3.70. The van der Waals surface area contributed by atoms with Crippen LogP contribution >= 0.6 is 0 Å². The van der Waals surface area contributed by atoms with Crippen LogP contribution in [-0.4, -0.2) is 41.4 Å². The molecule has 2 heterocycles. The summed E-state index contributed by atoms with van der Waals surface area (Å²) in [7, 11) is 0. The number of benzene rings is 1. The number of phenols is 1. The van der Waals surface area contributed by atoms with E-state index in [4.69, 9.17) is 4.74 Å². The minimum absolute atomic E-state index is 0.00471. The molecular weight excluding hydrogens is 404 g/mol. The summed E-state index contributed by atoms with van der Waals surface area (Å²) in [5.74, 6) is 0.0337. The Kier molecular flexibility index (Phi) is 6.06. The lowest BCUT2D eigenvalue weighted by Crippen LogP contribution is -2.43. The topological polar surface area (TPSA) is 78.9 Å². The molecule has 3 aliphatic rings. The van der Waals surface area contributed by atoms with Gasteiger partial charge in [0.05, 0.1) is 6.61 Å². The number of carbonyl (C=O) groups excluding carboxylic acids is 2. The molecule has 1 aromatic carbocycles. The van der Waals surface area contributed by atoms with Crippen molar-refractivity contribution in [2.24, 2.45) is 5.41 Å². The number of hydrogen-bond donors (Lipinski definition) is 2. The summed E-state index contributed by atoms with van der Waals surface area (Å²) in [6.45, 7) is 9.91. The second-order valence-corrected chi connectivity index (χ2v) is 9.94. The molecule has 1 aliphatic carbocycles. The Bertz CT molecular complexity index is 999. The van der Waals surface area contributed by atoms with Crippen molar-refractivity contribution in [2.75, 3.05) is 19.7 Å². The van der Waals surface area contributed by atoms with Crippen LogP contribution in [0.5, 0.6) is 11.5 Å². The van der Waals surface area contributed by atoms with Crippen molar-refractivity contribution >= 4 is 11.7 Å². The zero-order chi connectivity index (χ0) is 23.0. The van der Waals surface area contributed by atoms with Gasteiger partial charge < -0.3 is 20.1 Å². The first-order chi connectivity index (χ1) is 15.2. The highest BCUT2D eigenvalue weighted by Gasteiger charge is 2.43. The van der Waals surface area contributed by atoms with Crippen molar-refractivity contribution in [3.63, 3.8) is 0 Å². The number of dihydropyridines is 1.